The SMILES string of the molecule is CCOC(=O)CCS(=O)C(C)(C)CC([O-])=Nc1ccccc1NC(=O)CC(C)(C)S(=O)(=O)O.[K+]. The first-order valence-electron chi connectivity index (χ1n) is 10.2. The fraction of sp³-hybridized carbons (Fsp3) is 0.571. The molecule has 10 nitrogen and oxygen atoms in total. The molecular formula is C21H31KN2O8S2. The van der Waals surface area contributed by atoms with Gasteiger partial charge in [0.1, 0.15) is 4.75 Å². The minimum Gasteiger partial charge on any atom is -0.862 e. The normalized spacial score (nSPS) is 13.5. The van der Waals surface area contributed by atoms with Crippen molar-refractivity contribution in [3.05, 3.63) is 24.3 Å². The van der Waals surface area contributed by atoms with Gasteiger partial charge in [0.2, 0.25) is 5.91 Å². The van der Waals surface area contributed by atoms with E-state index in [1.54, 1.807) is 32.9 Å². The predicted molar refractivity (Wildman–Crippen MR) is 125 cm³/mol. The van der Waals surface area contributed by atoms with Crippen LogP contribution >= 0.6 is 0 Å². The van der Waals surface area contributed by atoms with Crippen LogP contribution in [0.5, 0.6) is 0 Å². The van der Waals surface area contributed by atoms with Gasteiger partial charge < -0.3 is 15.2 Å². The van der Waals surface area contributed by atoms with Crippen LogP contribution in [0.4, 0.5) is 11.4 Å². The summed E-state index contributed by atoms with van der Waals surface area (Å²) < 4.78 is 46.8. The average Bonchev–Trinajstić information content (AvgIpc) is 2.66. The summed E-state index contributed by atoms with van der Waals surface area (Å²) in [6.45, 7) is 7.60. The zero-order valence-corrected chi connectivity index (χ0v) is 25.2. The average molecular weight is 543 g/mol. The number of hydrogen-bond acceptors (Lipinski definition) is 8. The number of benzene rings is 1. The van der Waals surface area contributed by atoms with E-state index in [2.05, 4.69) is 10.3 Å². The summed E-state index contributed by atoms with van der Waals surface area (Å²) in [5, 5.41) is 15.1. The molecule has 0 saturated heterocycles. The van der Waals surface area contributed by atoms with Gasteiger partial charge in [-0.25, -0.2) is 0 Å². The molecule has 0 aliphatic rings. The number of nitrogens with one attached hydrogen (secondary N) is 1. The van der Waals surface area contributed by atoms with Crippen LogP contribution in [0.3, 0.4) is 0 Å². The monoisotopic (exact) mass is 542 g/mol. The van der Waals surface area contributed by atoms with E-state index in [-0.39, 0.29) is 88.0 Å². The van der Waals surface area contributed by atoms with Crippen molar-refractivity contribution in [2.24, 2.45) is 4.99 Å². The van der Waals surface area contributed by atoms with E-state index in [1.807, 2.05) is 0 Å². The van der Waals surface area contributed by atoms with Gasteiger partial charge in [0.05, 0.1) is 24.4 Å². The Morgan fingerprint density at radius 2 is 1.76 bits per heavy atom. The number of para-hydroxylation sites is 2. The Morgan fingerprint density at radius 3 is 2.32 bits per heavy atom. The van der Waals surface area contributed by atoms with E-state index < -0.39 is 54.6 Å². The number of ether oxygens (including phenoxy) is 1. The molecule has 2 N–H and O–H groups in total. The topological polar surface area (TPSA) is 162 Å². The molecule has 186 valence electrons. The van der Waals surface area contributed by atoms with Gasteiger partial charge in [0.15, 0.2) is 0 Å². The molecule has 0 aromatic heterocycles. The first-order valence-corrected chi connectivity index (χ1v) is 13.0. The Balaban J connectivity index is 0.0000109. The van der Waals surface area contributed by atoms with Crippen LogP contribution in [0.15, 0.2) is 29.3 Å². The molecule has 1 unspecified atom stereocenters. The molecule has 1 amide bonds. The van der Waals surface area contributed by atoms with Crippen molar-refractivity contribution in [1.29, 1.82) is 0 Å². The van der Waals surface area contributed by atoms with Gasteiger partial charge in [-0.3, -0.25) is 23.3 Å². The minimum absolute atomic E-state index is 0. The van der Waals surface area contributed by atoms with Crippen molar-refractivity contribution in [2.75, 3.05) is 17.7 Å². The Morgan fingerprint density at radius 1 is 1.18 bits per heavy atom. The predicted octanol–water partition coefficient (Wildman–Crippen LogP) is -1.05. The van der Waals surface area contributed by atoms with E-state index in [0.29, 0.717) is 0 Å². The van der Waals surface area contributed by atoms with Crippen LogP contribution in [0, 0.1) is 0 Å². The maximum Gasteiger partial charge on any atom is 1.00 e. The van der Waals surface area contributed by atoms with Gasteiger partial charge in [-0.05, 0) is 59.1 Å². The fourth-order valence-corrected chi connectivity index (χ4v) is 4.16. The maximum atomic E-state index is 12.6. The number of carbonyl (C=O) groups excluding carboxylic acids is 2. The quantitative estimate of drug-likeness (QED) is 0.111. The third kappa shape index (κ3) is 10.9. The van der Waals surface area contributed by atoms with E-state index in [9.17, 15) is 31.9 Å². The van der Waals surface area contributed by atoms with Crippen molar-refractivity contribution >= 4 is 50.1 Å². The first-order chi connectivity index (χ1) is 15.1. The summed E-state index contributed by atoms with van der Waals surface area (Å²) in [6, 6.07) is 6.19. The number of nitrogens with zero attached hydrogens (tertiary/aromatic N) is 1. The number of amides is 1. The zero-order chi connectivity index (χ0) is 25.4. The van der Waals surface area contributed by atoms with Crippen LogP contribution in [0.1, 0.15) is 53.9 Å². The molecule has 0 bridgehead atoms. The van der Waals surface area contributed by atoms with Crippen LogP contribution in [-0.4, -0.2) is 56.8 Å². The van der Waals surface area contributed by atoms with Crippen molar-refractivity contribution in [2.45, 2.75) is 63.4 Å². The van der Waals surface area contributed by atoms with E-state index >= 15 is 0 Å². The molecule has 1 atom stereocenters. The van der Waals surface area contributed by atoms with Crippen LogP contribution in [-0.2, 0) is 35.2 Å². The van der Waals surface area contributed by atoms with Crippen LogP contribution in [0.2, 0.25) is 0 Å². The largest absolute Gasteiger partial charge is 1.00 e. The Labute approximate surface area is 246 Å². The van der Waals surface area contributed by atoms with Gasteiger partial charge in [-0.1, -0.05) is 12.1 Å². The number of esters is 1. The van der Waals surface area contributed by atoms with Crippen molar-refractivity contribution in [1.82, 2.24) is 0 Å². The molecule has 0 saturated carbocycles. The third-order valence-corrected chi connectivity index (χ3v) is 8.19. The Hall–Kier alpha value is -0.674. The zero-order valence-electron chi connectivity index (χ0n) is 20.4. The molecule has 13 heteroatoms. The minimum atomic E-state index is -4.46. The molecule has 34 heavy (non-hydrogen) atoms. The molecule has 1 rings (SSSR count). The van der Waals surface area contributed by atoms with E-state index in [0.717, 1.165) is 0 Å². The molecule has 0 heterocycles. The third-order valence-electron chi connectivity index (χ3n) is 4.70. The Kier molecular flexibility index (Phi) is 13.9. The smallest absolute Gasteiger partial charge is 0.862 e. The van der Waals surface area contributed by atoms with Crippen LogP contribution in [0.25, 0.3) is 0 Å². The van der Waals surface area contributed by atoms with Gasteiger partial charge in [0, 0.05) is 27.7 Å². The number of hydrogen-bond donors (Lipinski definition) is 2. The number of aliphatic imine (C=N–C) groups is 1. The summed E-state index contributed by atoms with van der Waals surface area (Å²) in [5.74, 6) is -1.67. The Bertz CT molecular complexity index is 1020. The number of anilines is 1. The fourth-order valence-electron chi connectivity index (χ4n) is 2.65. The summed E-state index contributed by atoms with van der Waals surface area (Å²) in [7, 11) is -5.96. The maximum absolute atomic E-state index is 12.6. The van der Waals surface area contributed by atoms with Gasteiger partial charge in [-0.2, -0.15) is 8.42 Å². The molecule has 1 aromatic carbocycles. The van der Waals surface area contributed by atoms with Crippen molar-refractivity contribution in [3.8, 4) is 0 Å². The summed E-state index contributed by atoms with van der Waals surface area (Å²) in [5.41, 5.74) is 0.330. The number of rotatable bonds is 12. The molecule has 0 fully saturated rings. The molecule has 0 aliphatic carbocycles. The number of carbonyl (C=O) groups is 2. The van der Waals surface area contributed by atoms with Crippen molar-refractivity contribution in [3.63, 3.8) is 0 Å². The van der Waals surface area contributed by atoms with Crippen molar-refractivity contribution < 1.29 is 88.0 Å². The standard InChI is InChI=1S/C21H32N2O8S2.K/c1-6-31-19(26)11-12-32(27)20(2,3)13-17(24)22-15-9-7-8-10-16(15)23-18(25)14-21(4,5)33(28,29)30;/h7-10H,6,11-14H2,1-5H3,(H,22,24)(H,23,25)(H,28,29,30);/q;+1/p-1. The molecule has 1 aromatic rings. The van der Waals surface area contributed by atoms with Gasteiger partial charge >= 0.3 is 57.4 Å². The van der Waals surface area contributed by atoms with E-state index in [4.69, 9.17) is 4.74 Å². The molecule has 0 radical (unpaired) electrons. The molecule has 0 aliphatic heterocycles. The second kappa shape index (κ2) is 14.2. The van der Waals surface area contributed by atoms with Crippen LogP contribution < -0.4 is 61.8 Å². The summed E-state index contributed by atoms with van der Waals surface area (Å²) in [4.78, 5) is 27.8. The summed E-state index contributed by atoms with van der Waals surface area (Å²) >= 11 is 0. The first kappa shape index (κ1) is 33.3. The van der Waals surface area contributed by atoms with E-state index in [1.165, 1.54) is 26.0 Å². The molecular weight excluding hydrogens is 511 g/mol. The second-order valence-electron chi connectivity index (χ2n) is 8.52. The van der Waals surface area contributed by atoms with Gasteiger partial charge in [0.25, 0.3) is 10.1 Å². The molecule has 0 spiro atoms. The second-order valence-corrected chi connectivity index (χ2v) is 12.8. The summed E-state index contributed by atoms with van der Waals surface area (Å²) in [6.07, 6.45) is -0.703. The van der Waals surface area contributed by atoms with Gasteiger partial charge in [-0.15, -0.1) is 0 Å².